The second-order valence-corrected chi connectivity index (χ2v) is 4.06. The highest BCUT2D eigenvalue weighted by atomic mass is 35.5. The summed E-state index contributed by atoms with van der Waals surface area (Å²) >= 11 is 5.74. The Bertz CT molecular complexity index is 337. The van der Waals surface area contributed by atoms with Crippen molar-refractivity contribution < 1.29 is 9.90 Å². The summed E-state index contributed by atoms with van der Waals surface area (Å²) in [5.41, 5.74) is 0.647. The molecule has 0 aliphatic carbocycles. The van der Waals surface area contributed by atoms with Gasteiger partial charge >= 0.3 is 0 Å². The summed E-state index contributed by atoms with van der Waals surface area (Å²) in [5.74, 6) is 0.0367. The summed E-state index contributed by atoms with van der Waals surface area (Å²) < 4.78 is 0. The molecule has 0 amide bonds. The van der Waals surface area contributed by atoms with Crippen LogP contribution in [0.2, 0.25) is 5.02 Å². The van der Waals surface area contributed by atoms with E-state index in [1.807, 2.05) is 6.92 Å². The molecular weight excluding hydrogens is 226 g/mol. The maximum Gasteiger partial charge on any atom is 0.179 e. The van der Waals surface area contributed by atoms with E-state index >= 15 is 0 Å². The zero-order valence-corrected chi connectivity index (χ0v) is 10.00. The number of carbonyl (C=O) groups excluding carboxylic acids is 1. The van der Waals surface area contributed by atoms with Gasteiger partial charge in [-0.25, -0.2) is 0 Å². The van der Waals surface area contributed by atoms with Crippen LogP contribution in [0, 0.1) is 0 Å². The largest absolute Gasteiger partial charge is 0.396 e. The van der Waals surface area contributed by atoms with Crippen molar-refractivity contribution in [1.82, 2.24) is 5.32 Å². The lowest BCUT2D eigenvalue weighted by atomic mass is 10.1. The van der Waals surface area contributed by atoms with E-state index < -0.39 is 0 Å². The van der Waals surface area contributed by atoms with E-state index in [0.717, 1.165) is 0 Å². The Kier molecular flexibility index (Phi) is 5.46. The molecule has 0 bridgehead atoms. The van der Waals surface area contributed by atoms with E-state index in [2.05, 4.69) is 5.32 Å². The first-order chi connectivity index (χ1) is 7.65. The molecule has 0 aliphatic rings. The molecule has 2 N–H and O–H groups in total. The van der Waals surface area contributed by atoms with Crippen LogP contribution in [0.5, 0.6) is 0 Å². The predicted octanol–water partition coefficient (Wildman–Crippen LogP) is 1.88. The molecule has 0 saturated heterocycles. The topological polar surface area (TPSA) is 49.3 Å². The van der Waals surface area contributed by atoms with Crippen LogP contribution < -0.4 is 5.32 Å². The predicted molar refractivity (Wildman–Crippen MR) is 65.0 cm³/mol. The number of benzene rings is 1. The monoisotopic (exact) mass is 241 g/mol. The molecule has 0 heterocycles. The van der Waals surface area contributed by atoms with Crippen molar-refractivity contribution in [3.05, 3.63) is 34.9 Å². The first-order valence-corrected chi connectivity index (χ1v) is 5.67. The molecule has 1 rings (SSSR count). The van der Waals surface area contributed by atoms with Crippen LogP contribution in [-0.2, 0) is 0 Å². The van der Waals surface area contributed by atoms with Crippen molar-refractivity contribution in [1.29, 1.82) is 0 Å². The van der Waals surface area contributed by atoms with Gasteiger partial charge in [-0.1, -0.05) is 11.6 Å². The minimum atomic E-state index is -0.243. The van der Waals surface area contributed by atoms with Gasteiger partial charge in [0.05, 0.1) is 6.04 Å². The Balaban J connectivity index is 2.53. The molecule has 16 heavy (non-hydrogen) atoms. The van der Waals surface area contributed by atoms with Gasteiger partial charge in [0.1, 0.15) is 0 Å². The minimum absolute atomic E-state index is 0.0367. The number of carbonyl (C=O) groups is 1. The van der Waals surface area contributed by atoms with Crippen LogP contribution >= 0.6 is 11.6 Å². The minimum Gasteiger partial charge on any atom is -0.396 e. The molecule has 0 radical (unpaired) electrons. The normalized spacial score (nSPS) is 12.4. The number of halogens is 1. The maximum absolute atomic E-state index is 11.9. The summed E-state index contributed by atoms with van der Waals surface area (Å²) in [5, 5.41) is 12.3. The molecule has 1 atom stereocenters. The van der Waals surface area contributed by atoms with Crippen LogP contribution in [-0.4, -0.2) is 30.1 Å². The molecule has 1 aromatic carbocycles. The summed E-state index contributed by atoms with van der Waals surface area (Å²) in [6.07, 6.45) is 0.651. The highest BCUT2D eigenvalue weighted by Crippen LogP contribution is 2.11. The standard InChI is InChI=1S/C12H16ClNO2/c1-9(14-7-2-8-15)12(16)10-3-5-11(13)6-4-10/h3-6,9,14-15H,2,7-8H2,1H3. The van der Waals surface area contributed by atoms with Crippen molar-refractivity contribution >= 4 is 17.4 Å². The molecule has 0 fully saturated rings. The fourth-order valence-corrected chi connectivity index (χ4v) is 1.48. The van der Waals surface area contributed by atoms with Gasteiger partial charge in [0.2, 0.25) is 0 Å². The molecule has 1 unspecified atom stereocenters. The van der Waals surface area contributed by atoms with Crippen LogP contribution in [0.4, 0.5) is 0 Å². The molecule has 88 valence electrons. The van der Waals surface area contributed by atoms with E-state index in [4.69, 9.17) is 16.7 Å². The van der Waals surface area contributed by atoms with Crippen molar-refractivity contribution in [2.45, 2.75) is 19.4 Å². The molecule has 0 spiro atoms. The summed E-state index contributed by atoms with van der Waals surface area (Å²) in [6.45, 7) is 2.58. The van der Waals surface area contributed by atoms with Crippen LogP contribution in [0.15, 0.2) is 24.3 Å². The smallest absolute Gasteiger partial charge is 0.179 e. The Labute approximate surface area is 100 Å². The zero-order valence-electron chi connectivity index (χ0n) is 9.24. The molecule has 0 aliphatic heterocycles. The van der Waals surface area contributed by atoms with Crippen LogP contribution in [0.3, 0.4) is 0 Å². The highest BCUT2D eigenvalue weighted by molar-refractivity contribution is 6.30. The van der Waals surface area contributed by atoms with Gasteiger partial charge in [0, 0.05) is 17.2 Å². The summed E-state index contributed by atoms with van der Waals surface area (Å²) in [7, 11) is 0. The number of nitrogens with one attached hydrogen (secondary N) is 1. The van der Waals surface area contributed by atoms with Crippen LogP contribution in [0.25, 0.3) is 0 Å². The number of hydrogen-bond acceptors (Lipinski definition) is 3. The third-order valence-electron chi connectivity index (χ3n) is 2.31. The maximum atomic E-state index is 11.9. The van der Waals surface area contributed by atoms with E-state index in [9.17, 15) is 4.79 Å². The molecule has 1 aromatic rings. The molecule has 0 saturated carbocycles. The molecular formula is C12H16ClNO2. The van der Waals surface area contributed by atoms with Gasteiger partial charge in [0.15, 0.2) is 5.78 Å². The van der Waals surface area contributed by atoms with E-state index in [1.54, 1.807) is 24.3 Å². The van der Waals surface area contributed by atoms with E-state index in [0.29, 0.717) is 23.6 Å². The Hall–Kier alpha value is -0.900. The lowest BCUT2D eigenvalue weighted by Gasteiger charge is -2.12. The lowest BCUT2D eigenvalue weighted by molar-refractivity contribution is 0.0950. The second-order valence-electron chi connectivity index (χ2n) is 3.62. The number of hydrogen-bond donors (Lipinski definition) is 2. The summed E-state index contributed by atoms with van der Waals surface area (Å²) in [6, 6.07) is 6.60. The average Bonchev–Trinajstić information content (AvgIpc) is 2.29. The fraction of sp³-hybridized carbons (Fsp3) is 0.417. The van der Waals surface area contributed by atoms with Gasteiger partial charge in [-0.3, -0.25) is 4.79 Å². The first kappa shape index (κ1) is 13.2. The Morgan fingerprint density at radius 2 is 2.06 bits per heavy atom. The summed E-state index contributed by atoms with van der Waals surface area (Å²) in [4.78, 5) is 11.9. The van der Waals surface area contributed by atoms with Gasteiger partial charge in [0.25, 0.3) is 0 Å². The number of aliphatic hydroxyl groups excluding tert-OH is 1. The zero-order chi connectivity index (χ0) is 12.0. The van der Waals surface area contributed by atoms with Crippen molar-refractivity contribution in [2.75, 3.05) is 13.2 Å². The van der Waals surface area contributed by atoms with Gasteiger partial charge in [-0.15, -0.1) is 0 Å². The van der Waals surface area contributed by atoms with Gasteiger partial charge < -0.3 is 10.4 Å². The number of aliphatic hydroxyl groups is 1. The first-order valence-electron chi connectivity index (χ1n) is 5.29. The number of Topliss-reactive ketones (excluding diaryl/α,β-unsaturated/α-hetero) is 1. The third kappa shape index (κ3) is 3.93. The van der Waals surface area contributed by atoms with Crippen molar-refractivity contribution in [2.24, 2.45) is 0 Å². The number of ketones is 1. The molecule has 4 heteroatoms. The Morgan fingerprint density at radius 1 is 1.44 bits per heavy atom. The quantitative estimate of drug-likeness (QED) is 0.591. The number of rotatable bonds is 6. The lowest BCUT2D eigenvalue weighted by Crippen LogP contribution is -2.34. The van der Waals surface area contributed by atoms with Gasteiger partial charge in [-0.05, 0) is 44.2 Å². The van der Waals surface area contributed by atoms with Gasteiger partial charge in [-0.2, -0.15) is 0 Å². The second kappa shape index (κ2) is 6.63. The molecule has 3 nitrogen and oxygen atoms in total. The SMILES string of the molecule is CC(NCCCO)C(=O)c1ccc(Cl)cc1. The van der Waals surface area contributed by atoms with Crippen molar-refractivity contribution in [3.63, 3.8) is 0 Å². The fourth-order valence-electron chi connectivity index (χ4n) is 1.35. The molecule has 0 aromatic heterocycles. The van der Waals surface area contributed by atoms with Crippen LogP contribution in [0.1, 0.15) is 23.7 Å². The highest BCUT2D eigenvalue weighted by Gasteiger charge is 2.13. The average molecular weight is 242 g/mol. The van der Waals surface area contributed by atoms with E-state index in [-0.39, 0.29) is 18.4 Å². The third-order valence-corrected chi connectivity index (χ3v) is 2.56. The van der Waals surface area contributed by atoms with E-state index in [1.165, 1.54) is 0 Å². The van der Waals surface area contributed by atoms with Crippen molar-refractivity contribution in [3.8, 4) is 0 Å². The Morgan fingerprint density at radius 3 is 2.62 bits per heavy atom.